The highest BCUT2D eigenvalue weighted by atomic mass is 79.9. The number of anilines is 1. The molecule has 2 N–H and O–H groups in total. The predicted octanol–water partition coefficient (Wildman–Crippen LogP) is 8.97. The molecular formula is C34H43BrFNO3. The van der Waals surface area contributed by atoms with E-state index in [0.717, 1.165) is 49.6 Å². The van der Waals surface area contributed by atoms with Gasteiger partial charge in [0.15, 0.2) is 0 Å². The normalized spacial score (nSPS) is 14.0. The van der Waals surface area contributed by atoms with Gasteiger partial charge in [-0.15, -0.1) is 13.2 Å². The molecule has 40 heavy (non-hydrogen) atoms. The van der Waals surface area contributed by atoms with E-state index in [-0.39, 0.29) is 12.4 Å². The molecule has 4 rings (SSSR count). The van der Waals surface area contributed by atoms with Gasteiger partial charge < -0.3 is 19.8 Å². The number of hydrogen-bond acceptors (Lipinski definition) is 4. The average Bonchev–Trinajstić information content (AvgIpc) is 3.00. The summed E-state index contributed by atoms with van der Waals surface area (Å²) in [5, 5.41) is 15.4. The van der Waals surface area contributed by atoms with E-state index < -0.39 is 0 Å². The van der Waals surface area contributed by atoms with Crippen molar-refractivity contribution in [2.45, 2.75) is 45.3 Å². The average molecular weight is 613 g/mol. The number of unbranched alkanes of at least 4 members (excludes halogenated alkanes) is 2. The van der Waals surface area contributed by atoms with Gasteiger partial charge in [-0.3, -0.25) is 0 Å². The van der Waals surface area contributed by atoms with Crippen molar-refractivity contribution in [3.8, 4) is 5.75 Å². The quantitative estimate of drug-likeness (QED) is 0.136. The number of aliphatic hydroxyl groups excluding tert-OH is 2. The molecule has 6 heteroatoms. The largest absolute Gasteiger partial charge is 0.489 e. The maximum Gasteiger partial charge on any atom is 0.126 e. The fourth-order valence-electron chi connectivity index (χ4n) is 3.95. The van der Waals surface area contributed by atoms with Gasteiger partial charge in [0, 0.05) is 36.0 Å². The second kappa shape index (κ2) is 21.6. The highest BCUT2D eigenvalue weighted by Crippen LogP contribution is 2.42. The van der Waals surface area contributed by atoms with E-state index in [4.69, 9.17) is 14.9 Å². The summed E-state index contributed by atoms with van der Waals surface area (Å²) in [5.74, 6) is 0.762. The van der Waals surface area contributed by atoms with Gasteiger partial charge in [-0.25, -0.2) is 4.39 Å². The van der Waals surface area contributed by atoms with E-state index in [1.807, 2.05) is 18.2 Å². The summed E-state index contributed by atoms with van der Waals surface area (Å²) in [5.41, 5.74) is 3.71. The second-order valence-corrected chi connectivity index (χ2v) is 9.50. The summed E-state index contributed by atoms with van der Waals surface area (Å²) in [6, 6.07) is 27.7. The van der Waals surface area contributed by atoms with Crippen molar-refractivity contribution in [1.29, 1.82) is 0 Å². The van der Waals surface area contributed by atoms with Gasteiger partial charge >= 0.3 is 0 Å². The molecule has 1 heterocycles. The Kier molecular flexibility index (Phi) is 18.8. The van der Waals surface area contributed by atoms with Crippen LogP contribution in [0, 0.1) is 0 Å². The number of para-hydroxylation sites is 1. The van der Waals surface area contributed by atoms with E-state index in [2.05, 4.69) is 94.7 Å². The number of hydrogen-bond donors (Lipinski definition) is 2. The van der Waals surface area contributed by atoms with Crippen molar-refractivity contribution in [3.05, 3.63) is 132 Å². The minimum atomic E-state index is -0.200. The van der Waals surface area contributed by atoms with Crippen LogP contribution >= 0.6 is 15.9 Å². The van der Waals surface area contributed by atoms with Gasteiger partial charge in [0.05, 0.1) is 6.04 Å². The summed E-state index contributed by atoms with van der Waals surface area (Å²) in [4.78, 5) is 2.44. The molecule has 1 unspecified atom stereocenters. The first-order valence-corrected chi connectivity index (χ1v) is 14.2. The first-order chi connectivity index (χ1) is 19.6. The van der Waals surface area contributed by atoms with Crippen LogP contribution in [0.2, 0.25) is 0 Å². The second-order valence-electron chi connectivity index (χ2n) is 8.59. The third-order valence-corrected chi connectivity index (χ3v) is 6.50. The Hall–Kier alpha value is -3.19. The molecule has 0 amide bonds. The fraction of sp³-hybridized carbons (Fsp3) is 0.294. The highest BCUT2D eigenvalue weighted by molar-refractivity contribution is 9.10. The summed E-state index contributed by atoms with van der Waals surface area (Å²) in [6.07, 6.45) is 8.36. The van der Waals surface area contributed by atoms with Gasteiger partial charge in [-0.2, -0.15) is 0 Å². The van der Waals surface area contributed by atoms with Crippen LogP contribution in [0.25, 0.3) is 0 Å². The van der Waals surface area contributed by atoms with E-state index in [1.54, 1.807) is 13.0 Å². The summed E-state index contributed by atoms with van der Waals surface area (Å²) < 4.78 is 19.6. The van der Waals surface area contributed by atoms with Crippen molar-refractivity contribution in [3.63, 3.8) is 0 Å². The highest BCUT2D eigenvalue weighted by Gasteiger charge is 2.31. The van der Waals surface area contributed by atoms with Crippen LogP contribution in [-0.2, 0) is 6.61 Å². The van der Waals surface area contributed by atoms with Crippen LogP contribution in [-0.4, -0.2) is 30.5 Å². The van der Waals surface area contributed by atoms with Crippen LogP contribution in [0.5, 0.6) is 5.75 Å². The van der Waals surface area contributed by atoms with E-state index in [1.165, 1.54) is 29.0 Å². The minimum absolute atomic E-state index is 0.200. The predicted molar refractivity (Wildman–Crippen MR) is 170 cm³/mol. The number of rotatable bonds is 10. The zero-order valence-corrected chi connectivity index (χ0v) is 25.3. The van der Waals surface area contributed by atoms with Crippen molar-refractivity contribution in [2.24, 2.45) is 0 Å². The Balaban J connectivity index is 0.000000453. The molecule has 4 nitrogen and oxygen atoms in total. The van der Waals surface area contributed by atoms with Crippen LogP contribution in [0.1, 0.15) is 49.8 Å². The van der Waals surface area contributed by atoms with Gasteiger partial charge in [-0.05, 0) is 68.5 Å². The van der Waals surface area contributed by atoms with Crippen molar-refractivity contribution in [1.82, 2.24) is 0 Å². The van der Waals surface area contributed by atoms with Gasteiger partial charge in [0.2, 0.25) is 0 Å². The molecule has 1 aliphatic heterocycles. The smallest absolute Gasteiger partial charge is 0.126 e. The number of nitrogens with zero attached hydrogens (tertiary/aromatic N) is 1. The molecule has 1 atom stereocenters. The number of benzene rings is 3. The van der Waals surface area contributed by atoms with E-state index in [0.29, 0.717) is 12.6 Å². The summed E-state index contributed by atoms with van der Waals surface area (Å²) in [6.45, 7) is 9.55. The van der Waals surface area contributed by atoms with Crippen LogP contribution in [0.4, 0.5) is 10.1 Å². The molecule has 0 radical (unpaired) electrons. The molecule has 216 valence electrons. The Labute approximate surface area is 248 Å². The number of halogens is 2. The summed E-state index contributed by atoms with van der Waals surface area (Å²) >= 11 is 3.58. The molecule has 3 aromatic rings. The molecule has 0 aliphatic carbocycles. The lowest BCUT2D eigenvalue weighted by molar-refractivity contribution is 0.285. The third-order valence-electron chi connectivity index (χ3n) is 6.01. The van der Waals surface area contributed by atoms with Crippen molar-refractivity contribution >= 4 is 21.6 Å². The van der Waals surface area contributed by atoms with Crippen LogP contribution in [0.15, 0.2) is 121 Å². The SMILES string of the molecule is Brc1ccc(C2CCN2c2ccccc2)c(OCc2ccccc2)c1.C/C=C(F)\C=C/CCCCO.C=C.CO. The summed E-state index contributed by atoms with van der Waals surface area (Å²) in [7, 11) is 1.00. The molecule has 1 saturated heterocycles. The molecule has 0 aromatic heterocycles. The third kappa shape index (κ3) is 12.3. The topological polar surface area (TPSA) is 52.9 Å². The van der Waals surface area contributed by atoms with E-state index >= 15 is 0 Å². The molecule has 3 aromatic carbocycles. The lowest BCUT2D eigenvalue weighted by atomic mass is 9.93. The maximum absolute atomic E-state index is 12.4. The number of ether oxygens (including phenoxy) is 1. The van der Waals surface area contributed by atoms with Crippen molar-refractivity contribution < 1.29 is 19.3 Å². The lowest BCUT2D eigenvalue weighted by Gasteiger charge is -2.43. The number of aliphatic hydroxyl groups is 2. The Morgan fingerprint density at radius 2 is 1.68 bits per heavy atom. The molecular weight excluding hydrogens is 569 g/mol. The van der Waals surface area contributed by atoms with Gasteiger partial charge in [-0.1, -0.05) is 82.7 Å². The van der Waals surface area contributed by atoms with Gasteiger partial charge in [0.1, 0.15) is 18.2 Å². The molecule has 1 aliphatic rings. The van der Waals surface area contributed by atoms with E-state index in [9.17, 15) is 4.39 Å². The lowest BCUT2D eigenvalue weighted by Crippen LogP contribution is -2.41. The Morgan fingerprint density at radius 1 is 1.02 bits per heavy atom. The Bertz CT molecular complexity index is 1120. The number of allylic oxidation sites excluding steroid dienone is 4. The zero-order chi connectivity index (χ0) is 29.6. The Morgan fingerprint density at radius 3 is 2.25 bits per heavy atom. The van der Waals surface area contributed by atoms with Crippen LogP contribution < -0.4 is 9.64 Å². The van der Waals surface area contributed by atoms with Gasteiger partial charge in [0.25, 0.3) is 0 Å². The maximum atomic E-state index is 12.4. The molecule has 0 bridgehead atoms. The van der Waals surface area contributed by atoms with Crippen LogP contribution in [0.3, 0.4) is 0 Å². The first-order valence-electron chi connectivity index (χ1n) is 13.4. The zero-order valence-electron chi connectivity index (χ0n) is 23.7. The fourth-order valence-corrected chi connectivity index (χ4v) is 4.29. The standard InChI is InChI=1S/C22H20BrNO.C9H15FO.C2H4.CH4O/c23-18-11-12-20(21-13-14-24(21)19-9-5-2-6-10-19)22(15-18)25-16-17-7-3-1-4-8-17;1-2-9(10)7-5-3-4-6-8-11;2*1-2/h1-12,15,21H,13-14,16H2;2,5,7,11H,3-4,6,8H2,1H3;1-2H2;2H,1H3/b;7-5-,9-2+;;. The molecule has 0 saturated carbocycles. The first kappa shape index (κ1) is 34.8. The molecule has 1 fully saturated rings. The van der Waals surface area contributed by atoms with Crippen molar-refractivity contribution in [2.75, 3.05) is 25.2 Å². The monoisotopic (exact) mass is 611 g/mol. The minimum Gasteiger partial charge on any atom is -0.489 e. The molecule has 0 spiro atoms.